The Labute approximate surface area is 118 Å². The molecule has 2 N–H and O–H groups in total. The molecular weight excluding hydrogens is 256 g/mol. The van der Waals surface area contributed by atoms with Gasteiger partial charge in [-0.15, -0.1) is 0 Å². The van der Waals surface area contributed by atoms with Crippen LogP contribution in [0.3, 0.4) is 0 Å². The van der Waals surface area contributed by atoms with Crippen molar-refractivity contribution in [1.29, 1.82) is 0 Å². The van der Waals surface area contributed by atoms with Crippen LogP contribution >= 0.6 is 0 Å². The van der Waals surface area contributed by atoms with Gasteiger partial charge in [0.15, 0.2) is 0 Å². The Bertz CT molecular complexity index is 567. The number of hydrogen-bond donors (Lipinski definition) is 2. The quantitative estimate of drug-likeness (QED) is 0.726. The number of aromatic nitrogens is 2. The number of methoxy groups -OCH3 is 1. The number of fused-ring (bicyclic) bond motifs is 1. The molecule has 2 rings (SSSR count). The maximum absolute atomic E-state index is 11.8. The molecule has 20 heavy (non-hydrogen) atoms. The zero-order chi connectivity index (χ0) is 14.4. The molecule has 0 radical (unpaired) electrons. The van der Waals surface area contributed by atoms with Crippen molar-refractivity contribution in [3.63, 3.8) is 0 Å². The molecule has 0 saturated carbocycles. The number of ether oxygens (including phenoxy) is 1. The first kappa shape index (κ1) is 14.5. The minimum Gasteiger partial charge on any atom is -0.383 e. The molecule has 1 unspecified atom stereocenters. The van der Waals surface area contributed by atoms with Crippen molar-refractivity contribution >= 4 is 11.4 Å². The van der Waals surface area contributed by atoms with Gasteiger partial charge in [-0.05, 0) is 19.1 Å². The largest absolute Gasteiger partial charge is 0.383 e. The summed E-state index contributed by atoms with van der Waals surface area (Å²) in [5.41, 5.74) is 2.12. The van der Waals surface area contributed by atoms with Gasteiger partial charge in [-0.1, -0.05) is 6.07 Å². The van der Waals surface area contributed by atoms with Crippen molar-refractivity contribution in [3.8, 4) is 0 Å². The number of rotatable bonds is 7. The third-order valence-electron chi connectivity index (χ3n) is 3.10. The Balaban J connectivity index is 1.86. The van der Waals surface area contributed by atoms with Crippen LogP contribution in [0.4, 0.5) is 0 Å². The number of amides is 1. The highest BCUT2D eigenvalue weighted by Crippen LogP contribution is 2.09. The summed E-state index contributed by atoms with van der Waals surface area (Å²) in [5, 5.41) is 10.3. The van der Waals surface area contributed by atoms with E-state index in [2.05, 4.69) is 15.7 Å². The Kier molecular flexibility index (Phi) is 5.09. The van der Waals surface area contributed by atoms with Gasteiger partial charge in [0, 0.05) is 32.0 Å². The number of pyridine rings is 1. The van der Waals surface area contributed by atoms with Crippen LogP contribution in [0.5, 0.6) is 0 Å². The van der Waals surface area contributed by atoms with Gasteiger partial charge < -0.3 is 15.4 Å². The molecule has 2 heterocycles. The van der Waals surface area contributed by atoms with Crippen LogP contribution in [-0.2, 0) is 16.1 Å². The molecule has 2 aromatic heterocycles. The first-order valence-electron chi connectivity index (χ1n) is 6.63. The minimum atomic E-state index is -0.259. The second-order valence-corrected chi connectivity index (χ2v) is 4.59. The topological polar surface area (TPSA) is 67.7 Å². The molecule has 108 valence electrons. The van der Waals surface area contributed by atoms with Gasteiger partial charge in [0.1, 0.15) is 0 Å². The molecule has 2 aromatic rings. The third kappa shape index (κ3) is 3.55. The first-order chi connectivity index (χ1) is 9.72. The van der Waals surface area contributed by atoms with Crippen molar-refractivity contribution in [2.45, 2.75) is 19.5 Å². The van der Waals surface area contributed by atoms with E-state index in [1.807, 2.05) is 42.0 Å². The average molecular weight is 276 g/mol. The fourth-order valence-corrected chi connectivity index (χ4v) is 1.91. The van der Waals surface area contributed by atoms with Crippen LogP contribution in [0, 0.1) is 0 Å². The molecule has 0 fully saturated rings. The van der Waals surface area contributed by atoms with Gasteiger partial charge in [0.25, 0.3) is 0 Å². The minimum absolute atomic E-state index is 0.0291. The molecular formula is C14H20N4O2. The summed E-state index contributed by atoms with van der Waals surface area (Å²) >= 11 is 0. The van der Waals surface area contributed by atoms with Crippen LogP contribution in [-0.4, -0.2) is 41.8 Å². The molecule has 6 heteroatoms. The number of carbonyl (C=O) groups is 1. The molecule has 1 atom stereocenters. The van der Waals surface area contributed by atoms with E-state index in [-0.39, 0.29) is 11.9 Å². The van der Waals surface area contributed by atoms with E-state index in [9.17, 15) is 4.79 Å². The number of nitrogens with zero attached hydrogens (tertiary/aromatic N) is 2. The standard InChI is InChI=1S/C14H20N4O2/c1-11(14(19)15-6-8-20-2)16-9-12-10-17-18-7-4-3-5-13(12)18/h3-5,7,10-11,16H,6,8-9H2,1-2H3,(H,15,19). The maximum Gasteiger partial charge on any atom is 0.236 e. The lowest BCUT2D eigenvalue weighted by molar-refractivity contribution is -0.122. The van der Waals surface area contributed by atoms with Crippen LogP contribution < -0.4 is 10.6 Å². The predicted molar refractivity (Wildman–Crippen MR) is 76.4 cm³/mol. The lowest BCUT2D eigenvalue weighted by Gasteiger charge is -2.13. The second-order valence-electron chi connectivity index (χ2n) is 4.59. The monoisotopic (exact) mass is 276 g/mol. The van der Waals surface area contributed by atoms with E-state index in [0.717, 1.165) is 11.1 Å². The Hall–Kier alpha value is -1.92. The molecule has 0 aliphatic carbocycles. The van der Waals surface area contributed by atoms with E-state index in [1.54, 1.807) is 7.11 Å². The summed E-state index contributed by atoms with van der Waals surface area (Å²) in [6, 6.07) is 5.66. The average Bonchev–Trinajstić information content (AvgIpc) is 2.88. The molecule has 0 aromatic carbocycles. The van der Waals surface area contributed by atoms with E-state index in [1.165, 1.54) is 0 Å². The Morgan fingerprint density at radius 3 is 3.15 bits per heavy atom. The lowest BCUT2D eigenvalue weighted by Crippen LogP contribution is -2.42. The maximum atomic E-state index is 11.8. The zero-order valence-electron chi connectivity index (χ0n) is 11.8. The smallest absolute Gasteiger partial charge is 0.236 e. The van der Waals surface area contributed by atoms with Gasteiger partial charge >= 0.3 is 0 Å². The molecule has 6 nitrogen and oxygen atoms in total. The molecule has 0 bridgehead atoms. The summed E-state index contributed by atoms with van der Waals surface area (Å²) in [6.07, 6.45) is 3.72. The van der Waals surface area contributed by atoms with E-state index >= 15 is 0 Å². The summed E-state index contributed by atoms with van der Waals surface area (Å²) in [6.45, 7) is 3.49. The second kappa shape index (κ2) is 7.02. The van der Waals surface area contributed by atoms with Crippen molar-refractivity contribution in [2.24, 2.45) is 0 Å². The van der Waals surface area contributed by atoms with Gasteiger partial charge in [-0.2, -0.15) is 5.10 Å². The van der Waals surface area contributed by atoms with Crippen molar-refractivity contribution in [1.82, 2.24) is 20.2 Å². The molecule has 0 saturated heterocycles. The zero-order valence-corrected chi connectivity index (χ0v) is 11.8. The van der Waals surface area contributed by atoms with E-state index in [0.29, 0.717) is 19.7 Å². The van der Waals surface area contributed by atoms with Crippen LogP contribution in [0.1, 0.15) is 12.5 Å². The molecule has 1 amide bonds. The number of nitrogens with one attached hydrogen (secondary N) is 2. The highest BCUT2D eigenvalue weighted by molar-refractivity contribution is 5.81. The van der Waals surface area contributed by atoms with Crippen LogP contribution in [0.2, 0.25) is 0 Å². The highest BCUT2D eigenvalue weighted by Gasteiger charge is 2.12. The number of hydrogen-bond acceptors (Lipinski definition) is 4. The van der Waals surface area contributed by atoms with Crippen molar-refractivity contribution in [2.75, 3.05) is 20.3 Å². The van der Waals surface area contributed by atoms with Gasteiger partial charge in [0.05, 0.1) is 24.4 Å². The normalized spacial score (nSPS) is 12.5. The molecule has 0 spiro atoms. The van der Waals surface area contributed by atoms with Gasteiger partial charge in [-0.25, -0.2) is 4.52 Å². The Morgan fingerprint density at radius 2 is 2.35 bits per heavy atom. The van der Waals surface area contributed by atoms with E-state index < -0.39 is 0 Å². The summed E-state index contributed by atoms with van der Waals surface area (Å²) in [4.78, 5) is 11.8. The van der Waals surface area contributed by atoms with Crippen molar-refractivity contribution in [3.05, 3.63) is 36.2 Å². The fraction of sp³-hybridized carbons (Fsp3) is 0.429. The van der Waals surface area contributed by atoms with Crippen LogP contribution in [0.25, 0.3) is 5.52 Å². The highest BCUT2D eigenvalue weighted by atomic mass is 16.5. The lowest BCUT2D eigenvalue weighted by atomic mass is 10.2. The third-order valence-corrected chi connectivity index (χ3v) is 3.10. The van der Waals surface area contributed by atoms with Crippen molar-refractivity contribution < 1.29 is 9.53 Å². The summed E-state index contributed by atoms with van der Waals surface area (Å²) in [7, 11) is 1.61. The van der Waals surface area contributed by atoms with Gasteiger partial charge in [0.2, 0.25) is 5.91 Å². The summed E-state index contributed by atoms with van der Waals surface area (Å²) < 4.78 is 6.71. The molecule has 0 aliphatic rings. The van der Waals surface area contributed by atoms with E-state index in [4.69, 9.17) is 4.74 Å². The predicted octanol–water partition coefficient (Wildman–Crippen LogP) is 0.575. The van der Waals surface area contributed by atoms with Gasteiger partial charge in [-0.3, -0.25) is 4.79 Å². The van der Waals surface area contributed by atoms with Crippen LogP contribution in [0.15, 0.2) is 30.6 Å². The Morgan fingerprint density at radius 1 is 1.50 bits per heavy atom. The SMILES string of the molecule is COCCNC(=O)C(C)NCc1cnn2ccccc12. The first-order valence-corrected chi connectivity index (χ1v) is 6.63. The summed E-state index contributed by atoms with van der Waals surface area (Å²) in [5.74, 6) is -0.0291. The fourth-order valence-electron chi connectivity index (χ4n) is 1.91. The number of carbonyl (C=O) groups excluding carboxylic acids is 1. The molecule has 0 aliphatic heterocycles.